The van der Waals surface area contributed by atoms with E-state index in [0.29, 0.717) is 33.8 Å². The van der Waals surface area contributed by atoms with Gasteiger partial charge in [0.1, 0.15) is 5.82 Å². The number of benzene rings is 1. The van der Waals surface area contributed by atoms with E-state index >= 15 is 4.39 Å². The molecule has 0 aliphatic heterocycles. The summed E-state index contributed by atoms with van der Waals surface area (Å²) in [5, 5.41) is 9.09. The molecule has 3 aromatic heterocycles. The molecule has 154 valence electrons. The molecule has 3 heterocycles. The van der Waals surface area contributed by atoms with Crippen molar-refractivity contribution in [1.29, 1.82) is 0 Å². The van der Waals surface area contributed by atoms with Crippen LogP contribution in [0.4, 0.5) is 27.4 Å². The minimum Gasteiger partial charge on any atom is -0.397 e. The number of aryl methyl sites for hydroxylation is 2. The Bertz CT molecular complexity index is 1220. The Hall–Kier alpha value is -3.68. The molecule has 0 bridgehead atoms. The molecule has 5 N–H and O–H groups in total. The van der Waals surface area contributed by atoms with Gasteiger partial charge in [0.25, 0.3) is 0 Å². The van der Waals surface area contributed by atoms with Gasteiger partial charge in [-0.05, 0) is 43.4 Å². The minimum absolute atomic E-state index is 0.0481. The van der Waals surface area contributed by atoms with E-state index in [4.69, 9.17) is 11.5 Å². The number of nitrogens with one attached hydrogen (secondary N) is 1. The summed E-state index contributed by atoms with van der Waals surface area (Å²) in [7, 11) is 0. The van der Waals surface area contributed by atoms with Crippen LogP contribution in [0, 0.1) is 12.7 Å². The highest BCUT2D eigenvalue weighted by atomic mass is 19.1. The number of rotatable bonds is 5. The Kier molecular flexibility index (Phi) is 4.99. The van der Waals surface area contributed by atoms with E-state index in [9.17, 15) is 0 Å². The van der Waals surface area contributed by atoms with Gasteiger partial charge < -0.3 is 16.8 Å². The van der Waals surface area contributed by atoms with E-state index in [1.807, 2.05) is 23.7 Å². The topological polar surface area (TPSA) is 108 Å². The molecule has 30 heavy (non-hydrogen) atoms. The Balaban J connectivity index is 1.79. The maximum absolute atomic E-state index is 15.1. The molecule has 1 aromatic carbocycles. The van der Waals surface area contributed by atoms with E-state index in [-0.39, 0.29) is 5.69 Å². The van der Waals surface area contributed by atoms with Gasteiger partial charge in [0.2, 0.25) is 0 Å². The van der Waals surface area contributed by atoms with Gasteiger partial charge in [0, 0.05) is 47.2 Å². The maximum atomic E-state index is 15.1. The number of fused-ring (bicyclic) bond motifs is 1. The number of aromatic nitrogens is 4. The standard InChI is InChI=1S/C22H24FN7/c1-4-14-8-20(29-30(14)5-2)28-19-7-13-6-15(16-9-26-11-18(24)12(16)3)21(23)22(25)17(13)10-27-19/h6-11H,4-5,24-25H2,1-3H3,(H,27,28,29). The monoisotopic (exact) mass is 405 g/mol. The fourth-order valence-electron chi connectivity index (χ4n) is 3.58. The van der Waals surface area contributed by atoms with Gasteiger partial charge >= 0.3 is 0 Å². The first kappa shape index (κ1) is 19.6. The lowest BCUT2D eigenvalue weighted by molar-refractivity contribution is 0.628. The average molecular weight is 405 g/mol. The lowest BCUT2D eigenvalue weighted by atomic mass is 9.97. The Morgan fingerprint density at radius 3 is 2.53 bits per heavy atom. The van der Waals surface area contributed by atoms with E-state index in [1.54, 1.807) is 24.7 Å². The van der Waals surface area contributed by atoms with Gasteiger partial charge in [-0.2, -0.15) is 5.10 Å². The van der Waals surface area contributed by atoms with Crippen LogP contribution < -0.4 is 16.8 Å². The molecule has 4 aromatic rings. The summed E-state index contributed by atoms with van der Waals surface area (Å²) < 4.78 is 17.0. The van der Waals surface area contributed by atoms with E-state index in [2.05, 4.69) is 34.2 Å². The number of hydrogen-bond donors (Lipinski definition) is 3. The molecule has 7 nitrogen and oxygen atoms in total. The molecule has 0 aliphatic carbocycles. The van der Waals surface area contributed by atoms with Crippen molar-refractivity contribution >= 4 is 33.8 Å². The number of nitrogens with zero attached hydrogens (tertiary/aromatic N) is 4. The molecule has 0 spiro atoms. The largest absolute Gasteiger partial charge is 0.397 e. The molecule has 0 amide bonds. The number of anilines is 4. The number of pyridine rings is 2. The van der Waals surface area contributed by atoms with Gasteiger partial charge in [-0.3, -0.25) is 9.67 Å². The van der Waals surface area contributed by atoms with Crippen molar-refractivity contribution in [1.82, 2.24) is 19.7 Å². The second-order valence-corrected chi connectivity index (χ2v) is 7.16. The number of nitrogen functional groups attached to an aromatic ring is 2. The zero-order valence-corrected chi connectivity index (χ0v) is 17.2. The summed E-state index contributed by atoms with van der Waals surface area (Å²) in [6.07, 6.45) is 5.61. The highest BCUT2D eigenvalue weighted by molar-refractivity contribution is 5.98. The van der Waals surface area contributed by atoms with Crippen molar-refractivity contribution in [3.63, 3.8) is 0 Å². The molecule has 0 saturated heterocycles. The Morgan fingerprint density at radius 1 is 1.03 bits per heavy atom. The Labute approximate surface area is 173 Å². The summed E-state index contributed by atoms with van der Waals surface area (Å²) in [6, 6.07) is 5.58. The second kappa shape index (κ2) is 7.62. The van der Waals surface area contributed by atoms with Crippen molar-refractivity contribution in [3.05, 3.63) is 53.9 Å². The lowest BCUT2D eigenvalue weighted by Crippen LogP contribution is -2.02. The van der Waals surface area contributed by atoms with Gasteiger partial charge in [-0.25, -0.2) is 9.37 Å². The van der Waals surface area contributed by atoms with E-state index in [0.717, 1.165) is 29.6 Å². The van der Waals surface area contributed by atoms with Gasteiger partial charge in [-0.1, -0.05) is 6.92 Å². The quantitative estimate of drug-likeness (QED) is 0.424. The van der Waals surface area contributed by atoms with E-state index < -0.39 is 5.82 Å². The van der Waals surface area contributed by atoms with Crippen LogP contribution in [0.2, 0.25) is 0 Å². The average Bonchev–Trinajstić information content (AvgIpc) is 3.14. The number of nitrogens with two attached hydrogens (primary N) is 2. The lowest BCUT2D eigenvalue weighted by Gasteiger charge is -2.13. The maximum Gasteiger partial charge on any atom is 0.154 e. The fraction of sp³-hybridized carbons (Fsp3) is 0.227. The van der Waals surface area contributed by atoms with Gasteiger partial charge in [0.05, 0.1) is 17.6 Å². The van der Waals surface area contributed by atoms with Crippen molar-refractivity contribution in [2.24, 2.45) is 0 Å². The predicted molar refractivity (Wildman–Crippen MR) is 119 cm³/mol. The second-order valence-electron chi connectivity index (χ2n) is 7.16. The normalized spacial score (nSPS) is 11.2. The van der Waals surface area contributed by atoms with Crippen molar-refractivity contribution < 1.29 is 4.39 Å². The number of halogens is 1. The van der Waals surface area contributed by atoms with Gasteiger partial charge in [-0.15, -0.1) is 0 Å². The SMILES string of the molecule is CCc1cc(Nc2cc3cc(-c4cncc(N)c4C)c(F)c(N)c3cn2)nn1CC. The summed E-state index contributed by atoms with van der Waals surface area (Å²) in [4.78, 5) is 8.49. The summed E-state index contributed by atoms with van der Waals surface area (Å²) in [6.45, 7) is 6.77. The van der Waals surface area contributed by atoms with Crippen molar-refractivity contribution in [2.75, 3.05) is 16.8 Å². The van der Waals surface area contributed by atoms with Crippen LogP contribution in [-0.4, -0.2) is 19.7 Å². The van der Waals surface area contributed by atoms with Crippen LogP contribution in [0.1, 0.15) is 25.1 Å². The molecular weight excluding hydrogens is 381 g/mol. The fourth-order valence-corrected chi connectivity index (χ4v) is 3.58. The molecule has 0 aliphatic rings. The first-order chi connectivity index (χ1) is 14.4. The third kappa shape index (κ3) is 3.30. The molecule has 0 fully saturated rings. The van der Waals surface area contributed by atoms with Crippen LogP contribution in [0.25, 0.3) is 21.9 Å². The first-order valence-corrected chi connectivity index (χ1v) is 9.84. The Morgan fingerprint density at radius 2 is 1.83 bits per heavy atom. The summed E-state index contributed by atoms with van der Waals surface area (Å²) in [5.41, 5.74) is 15.5. The van der Waals surface area contributed by atoms with Crippen LogP contribution in [0.15, 0.2) is 36.8 Å². The van der Waals surface area contributed by atoms with Crippen LogP contribution >= 0.6 is 0 Å². The van der Waals surface area contributed by atoms with Crippen LogP contribution in [0.3, 0.4) is 0 Å². The number of hydrogen-bond acceptors (Lipinski definition) is 6. The molecule has 0 radical (unpaired) electrons. The minimum atomic E-state index is -0.505. The molecular formula is C22H24FN7. The first-order valence-electron chi connectivity index (χ1n) is 9.84. The molecule has 0 atom stereocenters. The molecule has 0 saturated carbocycles. The van der Waals surface area contributed by atoms with Gasteiger partial charge in [0.15, 0.2) is 11.6 Å². The molecule has 8 heteroatoms. The third-order valence-electron chi connectivity index (χ3n) is 5.32. The molecule has 0 unspecified atom stereocenters. The predicted octanol–water partition coefficient (Wildman–Crippen LogP) is 4.43. The zero-order chi connectivity index (χ0) is 21.4. The smallest absolute Gasteiger partial charge is 0.154 e. The summed E-state index contributed by atoms with van der Waals surface area (Å²) >= 11 is 0. The van der Waals surface area contributed by atoms with Crippen molar-refractivity contribution in [3.8, 4) is 11.1 Å². The highest BCUT2D eigenvalue weighted by Crippen LogP contribution is 2.36. The highest BCUT2D eigenvalue weighted by Gasteiger charge is 2.16. The third-order valence-corrected chi connectivity index (χ3v) is 5.32. The van der Waals surface area contributed by atoms with Crippen LogP contribution in [-0.2, 0) is 13.0 Å². The zero-order valence-electron chi connectivity index (χ0n) is 17.2. The van der Waals surface area contributed by atoms with Crippen molar-refractivity contribution in [2.45, 2.75) is 33.7 Å². The molecule has 4 rings (SSSR count). The summed E-state index contributed by atoms with van der Waals surface area (Å²) in [5.74, 6) is 0.812. The van der Waals surface area contributed by atoms with Crippen LogP contribution in [0.5, 0.6) is 0 Å². The van der Waals surface area contributed by atoms with E-state index in [1.165, 1.54) is 0 Å².